The van der Waals surface area contributed by atoms with E-state index in [0.29, 0.717) is 5.56 Å². The van der Waals surface area contributed by atoms with E-state index in [2.05, 4.69) is 23.3 Å². The summed E-state index contributed by atoms with van der Waals surface area (Å²) in [7, 11) is 0. The van der Waals surface area contributed by atoms with Crippen molar-refractivity contribution in [2.45, 2.75) is 84.2 Å². The normalized spacial score (nSPS) is 13.7. The van der Waals surface area contributed by atoms with Crippen molar-refractivity contribution in [1.82, 2.24) is 15.5 Å². The maximum atomic E-state index is 14.0. The van der Waals surface area contributed by atoms with Crippen molar-refractivity contribution in [3.63, 3.8) is 0 Å². The van der Waals surface area contributed by atoms with Crippen LogP contribution in [0, 0.1) is 0 Å². The van der Waals surface area contributed by atoms with Crippen molar-refractivity contribution in [2.75, 3.05) is 12.3 Å². The number of phenols is 1. The molecule has 2 rings (SSSR count). The summed E-state index contributed by atoms with van der Waals surface area (Å²) in [4.78, 5) is 54.8. The summed E-state index contributed by atoms with van der Waals surface area (Å²) in [6.07, 6.45) is -0.645. The highest BCUT2D eigenvalue weighted by atomic mass is 32.1. The number of nitrogens with one attached hydrogen (secondary N) is 2. The Labute approximate surface area is 253 Å². The van der Waals surface area contributed by atoms with Gasteiger partial charge in [-0.1, -0.05) is 42.5 Å². The minimum atomic E-state index is -1.22. The van der Waals surface area contributed by atoms with Crippen LogP contribution in [0.2, 0.25) is 0 Å². The molecule has 0 saturated carbocycles. The van der Waals surface area contributed by atoms with E-state index in [-0.39, 0.29) is 24.5 Å². The minimum Gasteiger partial charge on any atom is -0.508 e. The summed E-state index contributed by atoms with van der Waals surface area (Å²) in [5.41, 5.74) is -0.401. The summed E-state index contributed by atoms with van der Waals surface area (Å²) < 4.78 is 10.9. The SMILES string of the molecule is CCN(C(=O)C(CS)NC(=O)OC(C)(C)C)C(C(=O)NC(Cc1ccccc1)C(=O)OC(C)(C)C)c1ccc(O)cc1. The molecule has 3 atom stereocenters. The van der Waals surface area contributed by atoms with Gasteiger partial charge in [0.2, 0.25) is 11.8 Å². The van der Waals surface area contributed by atoms with Gasteiger partial charge in [0.25, 0.3) is 0 Å². The molecule has 0 bridgehead atoms. The Bertz CT molecular complexity index is 1210. The number of thiol groups is 1. The molecule has 0 aromatic heterocycles. The number of benzene rings is 2. The first-order valence-electron chi connectivity index (χ1n) is 13.8. The number of carbonyl (C=O) groups excluding carboxylic acids is 4. The average molecular weight is 602 g/mol. The van der Waals surface area contributed by atoms with Gasteiger partial charge in [-0.2, -0.15) is 12.6 Å². The summed E-state index contributed by atoms with van der Waals surface area (Å²) in [6.45, 7) is 12.1. The fraction of sp³-hybridized carbons (Fsp3) is 0.484. The number of alkyl carbamates (subject to hydrolysis) is 1. The third-order valence-corrected chi connectivity index (χ3v) is 6.22. The van der Waals surface area contributed by atoms with Crippen molar-refractivity contribution in [3.05, 3.63) is 65.7 Å². The molecule has 0 heterocycles. The van der Waals surface area contributed by atoms with Crippen LogP contribution in [0.15, 0.2) is 54.6 Å². The quantitative estimate of drug-likeness (QED) is 0.224. The van der Waals surface area contributed by atoms with E-state index in [4.69, 9.17) is 9.47 Å². The number of ether oxygens (including phenoxy) is 2. The van der Waals surface area contributed by atoms with Gasteiger partial charge in [0, 0.05) is 18.7 Å². The second-order valence-corrected chi connectivity index (χ2v) is 12.1. The van der Waals surface area contributed by atoms with Crippen LogP contribution >= 0.6 is 12.6 Å². The van der Waals surface area contributed by atoms with Gasteiger partial charge in [-0.3, -0.25) is 9.59 Å². The lowest BCUT2D eigenvalue weighted by Gasteiger charge is -2.34. The third-order valence-electron chi connectivity index (χ3n) is 5.85. The molecule has 10 nitrogen and oxygen atoms in total. The molecule has 0 aliphatic heterocycles. The number of nitrogens with zero attached hydrogens (tertiary/aromatic N) is 1. The third kappa shape index (κ3) is 10.9. The fourth-order valence-corrected chi connectivity index (χ4v) is 4.34. The molecular formula is C31H43N3O7S. The highest BCUT2D eigenvalue weighted by Gasteiger charge is 2.37. The maximum Gasteiger partial charge on any atom is 0.408 e. The summed E-state index contributed by atoms with van der Waals surface area (Å²) in [5, 5.41) is 15.2. The van der Waals surface area contributed by atoms with E-state index < -0.39 is 53.2 Å². The van der Waals surface area contributed by atoms with E-state index in [0.717, 1.165) is 5.56 Å². The van der Waals surface area contributed by atoms with Crippen molar-refractivity contribution in [2.24, 2.45) is 0 Å². The average Bonchev–Trinajstić information content (AvgIpc) is 2.88. The Balaban J connectivity index is 2.46. The Morgan fingerprint density at radius 2 is 1.43 bits per heavy atom. The molecule has 42 heavy (non-hydrogen) atoms. The number of hydrogen-bond donors (Lipinski definition) is 4. The van der Waals surface area contributed by atoms with Crippen LogP contribution in [0.4, 0.5) is 4.79 Å². The number of rotatable bonds is 11. The smallest absolute Gasteiger partial charge is 0.408 e. The predicted octanol–water partition coefficient (Wildman–Crippen LogP) is 4.17. The van der Waals surface area contributed by atoms with E-state index in [1.807, 2.05) is 30.3 Å². The van der Waals surface area contributed by atoms with Gasteiger partial charge in [-0.25, -0.2) is 9.59 Å². The van der Waals surface area contributed by atoms with Gasteiger partial charge in [-0.15, -0.1) is 0 Å². The number of amides is 3. The first kappa shape index (κ1) is 34.5. The van der Waals surface area contributed by atoms with Crippen LogP contribution in [0.5, 0.6) is 5.75 Å². The largest absolute Gasteiger partial charge is 0.508 e. The standard InChI is InChI=1S/C31H43N3O7S/c1-8-34(27(37)24(19-42)33-29(39)41-31(5,6)7)25(21-14-16-22(35)17-15-21)26(36)32-23(28(38)40-30(2,3)4)18-20-12-10-9-11-13-20/h9-17,23-25,35,42H,8,18-19H2,1-7H3,(H,32,36)(H,33,39). The minimum absolute atomic E-state index is 0.0252. The molecular weight excluding hydrogens is 558 g/mol. The monoisotopic (exact) mass is 601 g/mol. The maximum absolute atomic E-state index is 14.0. The number of likely N-dealkylation sites (N-methyl/N-ethyl adjacent to an activating group) is 1. The van der Waals surface area contributed by atoms with Crippen molar-refractivity contribution in [3.8, 4) is 5.75 Å². The lowest BCUT2D eigenvalue weighted by Crippen LogP contribution is -2.55. The van der Waals surface area contributed by atoms with Gasteiger partial charge in [0.15, 0.2) is 0 Å². The van der Waals surface area contributed by atoms with Gasteiger partial charge in [0.1, 0.15) is 35.1 Å². The zero-order chi connectivity index (χ0) is 31.7. The molecule has 3 amide bonds. The molecule has 0 spiro atoms. The summed E-state index contributed by atoms with van der Waals surface area (Å²) in [5.74, 6) is -1.94. The molecule has 2 aromatic carbocycles. The molecule has 0 aliphatic carbocycles. The van der Waals surface area contributed by atoms with Gasteiger partial charge in [0.05, 0.1) is 0 Å². The highest BCUT2D eigenvalue weighted by molar-refractivity contribution is 7.80. The molecule has 11 heteroatoms. The van der Waals surface area contributed by atoms with Crippen LogP contribution in [0.25, 0.3) is 0 Å². The zero-order valence-electron chi connectivity index (χ0n) is 25.3. The first-order chi connectivity index (χ1) is 19.5. The lowest BCUT2D eigenvalue weighted by atomic mass is 10.0. The second-order valence-electron chi connectivity index (χ2n) is 11.8. The fourth-order valence-electron chi connectivity index (χ4n) is 4.10. The predicted molar refractivity (Wildman–Crippen MR) is 163 cm³/mol. The van der Waals surface area contributed by atoms with Crippen LogP contribution in [0.3, 0.4) is 0 Å². The molecule has 3 unspecified atom stereocenters. The topological polar surface area (TPSA) is 134 Å². The lowest BCUT2D eigenvalue weighted by molar-refractivity contribution is -0.159. The van der Waals surface area contributed by atoms with Crippen LogP contribution in [0.1, 0.15) is 65.6 Å². The van der Waals surface area contributed by atoms with Gasteiger partial charge < -0.3 is 30.1 Å². The zero-order valence-corrected chi connectivity index (χ0v) is 26.2. The van der Waals surface area contributed by atoms with Crippen LogP contribution in [-0.4, -0.2) is 69.5 Å². The van der Waals surface area contributed by atoms with Crippen molar-refractivity contribution >= 4 is 36.5 Å². The molecule has 230 valence electrons. The van der Waals surface area contributed by atoms with E-state index >= 15 is 0 Å². The molecule has 0 fully saturated rings. The van der Waals surface area contributed by atoms with Gasteiger partial charge in [-0.05, 0) is 71.7 Å². The number of carbonyl (C=O) groups is 4. The summed E-state index contributed by atoms with van der Waals surface area (Å²) >= 11 is 4.26. The van der Waals surface area contributed by atoms with Crippen LogP contribution < -0.4 is 10.6 Å². The Kier molecular flexibility index (Phi) is 12.3. The molecule has 3 N–H and O–H groups in total. The number of phenolic OH excluding ortho intramolecular Hbond substituents is 1. The Morgan fingerprint density at radius 1 is 0.857 bits per heavy atom. The van der Waals surface area contributed by atoms with Crippen molar-refractivity contribution < 1.29 is 33.8 Å². The first-order valence-corrected chi connectivity index (χ1v) is 14.4. The van der Waals surface area contributed by atoms with E-state index in [1.165, 1.54) is 29.2 Å². The van der Waals surface area contributed by atoms with Crippen molar-refractivity contribution in [1.29, 1.82) is 0 Å². The van der Waals surface area contributed by atoms with E-state index in [1.54, 1.807) is 48.5 Å². The summed E-state index contributed by atoms with van der Waals surface area (Å²) in [6, 6.07) is 11.6. The Hall–Kier alpha value is -3.73. The number of hydrogen-bond acceptors (Lipinski definition) is 8. The number of esters is 1. The molecule has 2 aromatic rings. The van der Waals surface area contributed by atoms with Gasteiger partial charge >= 0.3 is 12.1 Å². The number of aromatic hydroxyl groups is 1. The van der Waals surface area contributed by atoms with E-state index in [9.17, 15) is 24.3 Å². The Morgan fingerprint density at radius 3 is 1.93 bits per heavy atom. The highest BCUT2D eigenvalue weighted by Crippen LogP contribution is 2.25. The molecule has 0 saturated heterocycles. The molecule has 0 aliphatic rings. The second kappa shape index (κ2) is 14.9. The van der Waals surface area contributed by atoms with Crippen LogP contribution in [-0.2, 0) is 30.3 Å². The molecule has 0 radical (unpaired) electrons.